The Balaban J connectivity index is 2.51. The molecule has 1 atom stereocenters. The number of anilines is 1. The van der Waals surface area contributed by atoms with Crippen molar-refractivity contribution >= 4 is 27.5 Å². The molecule has 0 aliphatic rings. The highest BCUT2D eigenvalue weighted by atomic mass is 32.2. The smallest absolute Gasteiger partial charge is 0.244 e. The van der Waals surface area contributed by atoms with Gasteiger partial charge in [-0.3, -0.25) is 13.9 Å². The molecule has 0 saturated carbocycles. The van der Waals surface area contributed by atoms with E-state index in [-0.39, 0.29) is 12.5 Å². The van der Waals surface area contributed by atoms with Crippen LogP contribution in [0.4, 0.5) is 5.69 Å². The summed E-state index contributed by atoms with van der Waals surface area (Å²) in [5.41, 5.74) is 3.53. The Morgan fingerprint density at radius 3 is 2.17 bits per heavy atom. The number of nitrogens with zero attached hydrogens (tertiary/aromatic N) is 2. The van der Waals surface area contributed by atoms with Gasteiger partial charge in [0, 0.05) is 12.1 Å². The van der Waals surface area contributed by atoms with Gasteiger partial charge in [0.15, 0.2) is 0 Å². The van der Waals surface area contributed by atoms with Crippen molar-refractivity contribution in [1.82, 2.24) is 10.2 Å². The number of carbonyl (C=O) groups is 2. The monoisotopic (exact) mass is 501 g/mol. The van der Waals surface area contributed by atoms with Crippen molar-refractivity contribution in [2.24, 2.45) is 0 Å². The fourth-order valence-corrected chi connectivity index (χ4v) is 4.86. The molecular weight excluding hydrogens is 462 g/mol. The second kappa shape index (κ2) is 11.2. The average Bonchev–Trinajstić information content (AvgIpc) is 2.71. The van der Waals surface area contributed by atoms with E-state index in [1.807, 2.05) is 84.9 Å². The first kappa shape index (κ1) is 28.4. The molecule has 2 aromatic carbocycles. The number of benzene rings is 2. The number of carbonyl (C=O) groups excluding carboxylic acids is 2. The molecule has 0 fully saturated rings. The molecule has 7 nitrogen and oxygen atoms in total. The lowest BCUT2D eigenvalue weighted by Gasteiger charge is -2.34. The summed E-state index contributed by atoms with van der Waals surface area (Å²) < 4.78 is 26.7. The topological polar surface area (TPSA) is 86.8 Å². The minimum absolute atomic E-state index is 0.195. The standard InChI is InChI=1S/C27H39N3O4S/c1-9-23(26(32)28-27(5,6)7)29(17-22-12-10-11-19(2)15-22)25(31)18-30(35(8,33)34)24-16-20(3)13-14-21(24)4/h10-16,23H,9,17-18H2,1-8H3,(H,28,32)/t23-/m0/s1. The first-order chi connectivity index (χ1) is 16.1. The Kier molecular flexibility index (Phi) is 9.11. The predicted molar refractivity (Wildman–Crippen MR) is 142 cm³/mol. The number of amides is 2. The van der Waals surface area contributed by atoms with Crippen molar-refractivity contribution in [3.8, 4) is 0 Å². The lowest BCUT2D eigenvalue weighted by atomic mass is 10.0. The maximum absolute atomic E-state index is 13.8. The maximum atomic E-state index is 13.8. The van der Waals surface area contributed by atoms with Crippen LogP contribution in [0.25, 0.3) is 0 Å². The van der Waals surface area contributed by atoms with Crippen LogP contribution in [0.15, 0.2) is 42.5 Å². The number of hydrogen-bond donors (Lipinski definition) is 1. The van der Waals surface area contributed by atoms with E-state index in [0.717, 1.165) is 32.8 Å². The second-order valence-corrected chi connectivity index (χ2v) is 12.1. The predicted octanol–water partition coefficient (Wildman–Crippen LogP) is 4.10. The molecule has 192 valence electrons. The summed E-state index contributed by atoms with van der Waals surface area (Å²) in [7, 11) is -3.76. The Labute approximate surface area is 210 Å². The summed E-state index contributed by atoms with van der Waals surface area (Å²) in [4.78, 5) is 28.5. The molecular formula is C27H39N3O4S. The molecule has 0 saturated heterocycles. The van der Waals surface area contributed by atoms with Crippen molar-refractivity contribution < 1.29 is 18.0 Å². The third kappa shape index (κ3) is 8.09. The van der Waals surface area contributed by atoms with Crippen molar-refractivity contribution in [3.63, 3.8) is 0 Å². The highest BCUT2D eigenvalue weighted by Gasteiger charge is 2.33. The van der Waals surface area contributed by atoms with Gasteiger partial charge in [0.25, 0.3) is 0 Å². The van der Waals surface area contributed by atoms with Crippen LogP contribution in [0, 0.1) is 20.8 Å². The van der Waals surface area contributed by atoms with Gasteiger partial charge in [0.1, 0.15) is 12.6 Å². The van der Waals surface area contributed by atoms with E-state index in [2.05, 4.69) is 5.32 Å². The quantitative estimate of drug-likeness (QED) is 0.560. The Morgan fingerprint density at radius 1 is 1.00 bits per heavy atom. The third-order valence-electron chi connectivity index (χ3n) is 5.63. The molecule has 0 aromatic heterocycles. The molecule has 8 heteroatoms. The molecule has 0 aliphatic carbocycles. The van der Waals surface area contributed by atoms with Gasteiger partial charge in [-0.2, -0.15) is 0 Å². The highest BCUT2D eigenvalue weighted by molar-refractivity contribution is 7.92. The first-order valence-electron chi connectivity index (χ1n) is 11.8. The largest absolute Gasteiger partial charge is 0.350 e. The van der Waals surface area contributed by atoms with Gasteiger partial charge in [-0.15, -0.1) is 0 Å². The molecule has 0 spiro atoms. The minimum Gasteiger partial charge on any atom is -0.350 e. The number of sulfonamides is 1. The zero-order valence-corrected chi connectivity index (χ0v) is 23.0. The fraction of sp³-hybridized carbons (Fsp3) is 0.481. The lowest BCUT2D eigenvalue weighted by Crippen LogP contribution is -2.55. The van der Waals surface area contributed by atoms with E-state index in [9.17, 15) is 18.0 Å². The first-order valence-corrected chi connectivity index (χ1v) is 13.7. The van der Waals surface area contributed by atoms with E-state index in [0.29, 0.717) is 12.1 Å². The molecule has 0 radical (unpaired) electrons. The summed E-state index contributed by atoms with van der Waals surface area (Å²) in [6.45, 7) is 13.0. The SMILES string of the molecule is CC[C@@H](C(=O)NC(C)(C)C)N(Cc1cccc(C)c1)C(=O)CN(c1cc(C)ccc1C)S(C)(=O)=O. The molecule has 2 rings (SSSR count). The summed E-state index contributed by atoms with van der Waals surface area (Å²) in [6.07, 6.45) is 1.48. The number of nitrogens with one attached hydrogen (secondary N) is 1. The van der Waals surface area contributed by atoms with Gasteiger partial charge in [0.05, 0.1) is 11.9 Å². The average molecular weight is 502 g/mol. The lowest BCUT2D eigenvalue weighted by molar-refractivity contribution is -0.141. The van der Waals surface area contributed by atoms with Crippen LogP contribution in [-0.2, 0) is 26.2 Å². The number of rotatable bonds is 9. The van der Waals surface area contributed by atoms with Crippen LogP contribution in [-0.4, -0.2) is 49.5 Å². The van der Waals surface area contributed by atoms with E-state index in [4.69, 9.17) is 0 Å². The van der Waals surface area contributed by atoms with E-state index in [1.165, 1.54) is 4.90 Å². The van der Waals surface area contributed by atoms with Crippen LogP contribution in [0.1, 0.15) is 56.4 Å². The van der Waals surface area contributed by atoms with Crippen LogP contribution in [0.3, 0.4) is 0 Å². The molecule has 35 heavy (non-hydrogen) atoms. The summed E-state index contributed by atoms with van der Waals surface area (Å²) >= 11 is 0. The zero-order valence-electron chi connectivity index (χ0n) is 22.2. The normalized spacial score (nSPS) is 12.7. The second-order valence-electron chi connectivity index (χ2n) is 10.2. The van der Waals surface area contributed by atoms with Crippen molar-refractivity contribution in [1.29, 1.82) is 0 Å². The summed E-state index contributed by atoms with van der Waals surface area (Å²) in [5, 5.41) is 2.97. The van der Waals surface area contributed by atoms with Gasteiger partial charge in [0.2, 0.25) is 21.8 Å². The molecule has 2 aromatic rings. The van der Waals surface area contributed by atoms with Crippen LogP contribution in [0.2, 0.25) is 0 Å². The molecule has 0 bridgehead atoms. The Bertz CT molecular complexity index is 1170. The Morgan fingerprint density at radius 2 is 1.63 bits per heavy atom. The van der Waals surface area contributed by atoms with Gasteiger partial charge in [-0.1, -0.05) is 48.9 Å². The van der Waals surface area contributed by atoms with Crippen molar-refractivity contribution in [2.45, 2.75) is 73.0 Å². The summed E-state index contributed by atoms with van der Waals surface area (Å²) in [6, 6.07) is 12.5. The van der Waals surface area contributed by atoms with Crippen LogP contribution < -0.4 is 9.62 Å². The van der Waals surface area contributed by atoms with Gasteiger partial charge >= 0.3 is 0 Å². The Hall–Kier alpha value is -2.87. The number of aryl methyl sites for hydroxylation is 3. The van der Waals surface area contributed by atoms with Crippen LogP contribution >= 0.6 is 0 Å². The van der Waals surface area contributed by atoms with Crippen molar-refractivity contribution in [3.05, 3.63) is 64.7 Å². The highest BCUT2D eigenvalue weighted by Crippen LogP contribution is 2.25. The molecule has 2 amide bonds. The van der Waals surface area contributed by atoms with Gasteiger partial charge < -0.3 is 10.2 Å². The molecule has 0 unspecified atom stereocenters. The molecule has 0 aliphatic heterocycles. The van der Waals surface area contributed by atoms with Crippen LogP contribution in [0.5, 0.6) is 0 Å². The van der Waals surface area contributed by atoms with Gasteiger partial charge in [-0.05, 0) is 70.7 Å². The molecule has 0 heterocycles. The minimum atomic E-state index is -3.76. The summed E-state index contributed by atoms with van der Waals surface area (Å²) in [5.74, 6) is -0.701. The van der Waals surface area contributed by atoms with E-state index in [1.54, 1.807) is 6.07 Å². The maximum Gasteiger partial charge on any atom is 0.244 e. The van der Waals surface area contributed by atoms with E-state index < -0.39 is 34.1 Å². The molecule has 1 N–H and O–H groups in total. The van der Waals surface area contributed by atoms with E-state index >= 15 is 0 Å². The van der Waals surface area contributed by atoms with Crippen molar-refractivity contribution in [2.75, 3.05) is 17.1 Å². The third-order valence-corrected chi connectivity index (χ3v) is 6.76. The zero-order chi connectivity index (χ0) is 26.6. The fourth-order valence-electron chi connectivity index (χ4n) is 3.96. The number of hydrogen-bond acceptors (Lipinski definition) is 4. The van der Waals surface area contributed by atoms with Gasteiger partial charge in [-0.25, -0.2) is 8.42 Å².